The Labute approximate surface area is 125 Å². The summed E-state index contributed by atoms with van der Waals surface area (Å²) in [5.74, 6) is 0.156. The van der Waals surface area contributed by atoms with Crippen LogP contribution in [0.2, 0.25) is 0 Å². The summed E-state index contributed by atoms with van der Waals surface area (Å²) >= 11 is 0. The van der Waals surface area contributed by atoms with Crippen LogP contribution in [0.1, 0.15) is 37.3 Å². The fraction of sp³-hybridized carbons (Fsp3) is 0.533. The number of amides is 1. The second kappa shape index (κ2) is 5.42. The van der Waals surface area contributed by atoms with Crippen LogP contribution in [0.25, 0.3) is 0 Å². The van der Waals surface area contributed by atoms with Crippen LogP contribution in [-0.2, 0) is 27.7 Å². The second-order valence-electron chi connectivity index (χ2n) is 5.64. The molecule has 0 spiro atoms. The monoisotopic (exact) mass is 308 g/mol. The van der Waals surface area contributed by atoms with Gasteiger partial charge in [-0.15, -0.1) is 0 Å². The maximum absolute atomic E-state index is 12.3. The van der Waals surface area contributed by atoms with Gasteiger partial charge in [-0.05, 0) is 48.9 Å². The molecule has 3 rings (SSSR count). The zero-order valence-corrected chi connectivity index (χ0v) is 13.0. The van der Waals surface area contributed by atoms with E-state index < -0.39 is 10.0 Å². The molecular formula is C15H20N2O3S. The Hall–Kier alpha value is -1.40. The average molecular weight is 308 g/mol. The Bertz CT molecular complexity index is 665. The maximum atomic E-state index is 12.3. The van der Waals surface area contributed by atoms with Crippen molar-refractivity contribution in [3.63, 3.8) is 0 Å². The van der Waals surface area contributed by atoms with E-state index in [1.165, 1.54) is 0 Å². The molecule has 5 nitrogen and oxygen atoms in total. The van der Waals surface area contributed by atoms with Crippen molar-refractivity contribution >= 4 is 21.6 Å². The SMILES string of the molecule is CCCNS(=O)(=O)c1cc2c3c(c1)CCC(=O)N3CCC2. The Balaban J connectivity index is 2.06. The third kappa shape index (κ3) is 2.58. The smallest absolute Gasteiger partial charge is 0.240 e. The summed E-state index contributed by atoms with van der Waals surface area (Å²) in [4.78, 5) is 14.2. The van der Waals surface area contributed by atoms with Crippen molar-refractivity contribution < 1.29 is 13.2 Å². The van der Waals surface area contributed by atoms with Crippen molar-refractivity contribution in [2.24, 2.45) is 0 Å². The van der Waals surface area contributed by atoms with E-state index in [2.05, 4.69) is 4.72 Å². The molecule has 0 saturated carbocycles. The van der Waals surface area contributed by atoms with E-state index in [0.29, 0.717) is 24.3 Å². The van der Waals surface area contributed by atoms with Crippen LogP contribution in [0, 0.1) is 0 Å². The summed E-state index contributed by atoms with van der Waals surface area (Å²) in [5.41, 5.74) is 2.94. The number of sulfonamides is 1. The molecule has 0 unspecified atom stereocenters. The van der Waals surface area contributed by atoms with Gasteiger partial charge in [-0.25, -0.2) is 13.1 Å². The van der Waals surface area contributed by atoms with Gasteiger partial charge < -0.3 is 4.90 Å². The number of hydrogen-bond donors (Lipinski definition) is 1. The predicted molar refractivity (Wildman–Crippen MR) is 80.9 cm³/mol. The Morgan fingerprint density at radius 2 is 1.90 bits per heavy atom. The Kier molecular flexibility index (Phi) is 3.75. The standard InChI is InChI=1S/C15H20N2O3S/c1-2-7-16-21(19,20)13-9-11-4-3-8-17-14(18)6-5-12(10-13)15(11)17/h9-10,16H,2-8H2,1H3. The summed E-state index contributed by atoms with van der Waals surface area (Å²) in [7, 11) is -3.45. The molecule has 2 aliphatic rings. The van der Waals surface area contributed by atoms with Gasteiger partial charge in [-0.2, -0.15) is 0 Å². The van der Waals surface area contributed by atoms with Crippen LogP contribution in [0.4, 0.5) is 5.69 Å². The van der Waals surface area contributed by atoms with E-state index in [0.717, 1.165) is 42.6 Å². The molecule has 0 aromatic heterocycles. The molecular weight excluding hydrogens is 288 g/mol. The van der Waals surface area contributed by atoms with Gasteiger partial charge in [0, 0.05) is 19.5 Å². The van der Waals surface area contributed by atoms with Crippen molar-refractivity contribution in [1.82, 2.24) is 4.72 Å². The zero-order chi connectivity index (χ0) is 15.0. The highest BCUT2D eigenvalue weighted by Gasteiger charge is 2.31. The molecule has 21 heavy (non-hydrogen) atoms. The van der Waals surface area contributed by atoms with Crippen molar-refractivity contribution in [3.8, 4) is 0 Å². The highest BCUT2D eigenvalue weighted by Crippen LogP contribution is 2.37. The quantitative estimate of drug-likeness (QED) is 0.919. The van der Waals surface area contributed by atoms with E-state index in [1.54, 1.807) is 12.1 Å². The lowest BCUT2D eigenvalue weighted by Crippen LogP contribution is -2.39. The van der Waals surface area contributed by atoms with Crippen molar-refractivity contribution in [2.75, 3.05) is 18.0 Å². The minimum absolute atomic E-state index is 0.156. The Morgan fingerprint density at radius 1 is 1.19 bits per heavy atom. The number of nitrogens with one attached hydrogen (secondary N) is 1. The summed E-state index contributed by atoms with van der Waals surface area (Å²) in [5, 5.41) is 0. The van der Waals surface area contributed by atoms with E-state index in [1.807, 2.05) is 11.8 Å². The van der Waals surface area contributed by atoms with Gasteiger partial charge in [0.05, 0.1) is 10.6 Å². The highest BCUT2D eigenvalue weighted by molar-refractivity contribution is 7.89. The predicted octanol–water partition coefficient (Wildman–Crippen LogP) is 1.60. The van der Waals surface area contributed by atoms with Crippen LogP contribution in [0.5, 0.6) is 0 Å². The van der Waals surface area contributed by atoms with E-state index >= 15 is 0 Å². The number of carbonyl (C=O) groups is 1. The number of aryl methyl sites for hydroxylation is 2. The average Bonchev–Trinajstić information content (AvgIpc) is 2.48. The zero-order valence-electron chi connectivity index (χ0n) is 12.2. The first-order chi connectivity index (χ1) is 10.0. The van der Waals surface area contributed by atoms with Crippen molar-refractivity contribution in [2.45, 2.75) is 43.9 Å². The summed E-state index contributed by atoms with van der Waals surface area (Å²) in [6.45, 7) is 3.13. The molecule has 0 bridgehead atoms. The molecule has 1 N–H and O–H groups in total. The van der Waals surface area contributed by atoms with Gasteiger partial charge in [-0.1, -0.05) is 6.92 Å². The normalized spacial score (nSPS) is 17.8. The van der Waals surface area contributed by atoms with E-state index in [4.69, 9.17) is 0 Å². The molecule has 0 atom stereocenters. The molecule has 1 amide bonds. The number of rotatable bonds is 4. The molecule has 0 fully saturated rings. The number of benzene rings is 1. The minimum atomic E-state index is -3.45. The molecule has 0 radical (unpaired) electrons. The fourth-order valence-electron chi connectivity index (χ4n) is 3.10. The largest absolute Gasteiger partial charge is 0.312 e. The number of carbonyl (C=O) groups excluding carboxylic acids is 1. The van der Waals surface area contributed by atoms with Gasteiger partial charge in [0.25, 0.3) is 0 Å². The van der Waals surface area contributed by atoms with Gasteiger partial charge in [0.2, 0.25) is 15.9 Å². The van der Waals surface area contributed by atoms with E-state index in [-0.39, 0.29) is 5.91 Å². The maximum Gasteiger partial charge on any atom is 0.240 e. The second-order valence-corrected chi connectivity index (χ2v) is 7.40. The molecule has 0 saturated heterocycles. The van der Waals surface area contributed by atoms with Gasteiger partial charge in [0.1, 0.15) is 0 Å². The highest BCUT2D eigenvalue weighted by atomic mass is 32.2. The topological polar surface area (TPSA) is 66.5 Å². The summed E-state index contributed by atoms with van der Waals surface area (Å²) < 4.78 is 27.2. The molecule has 1 aromatic rings. The van der Waals surface area contributed by atoms with E-state index in [9.17, 15) is 13.2 Å². The minimum Gasteiger partial charge on any atom is -0.312 e. The first kappa shape index (κ1) is 14.5. The Morgan fingerprint density at radius 3 is 2.62 bits per heavy atom. The van der Waals surface area contributed by atoms with Crippen molar-refractivity contribution in [1.29, 1.82) is 0 Å². The third-order valence-corrected chi connectivity index (χ3v) is 5.54. The number of anilines is 1. The lowest BCUT2D eigenvalue weighted by molar-refractivity contribution is -0.119. The third-order valence-electron chi connectivity index (χ3n) is 4.10. The lowest BCUT2D eigenvalue weighted by Gasteiger charge is -2.35. The van der Waals surface area contributed by atoms with Crippen LogP contribution in [0.15, 0.2) is 17.0 Å². The molecule has 2 aliphatic heterocycles. The molecule has 6 heteroatoms. The molecule has 0 aliphatic carbocycles. The fourth-order valence-corrected chi connectivity index (χ4v) is 4.33. The van der Waals surface area contributed by atoms with Crippen LogP contribution in [0.3, 0.4) is 0 Å². The molecule has 114 valence electrons. The summed E-state index contributed by atoms with van der Waals surface area (Å²) in [6, 6.07) is 3.48. The molecule has 2 heterocycles. The van der Waals surface area contributed by atoms with Crippen molar-refractivity contribution in [3.05, 3.63) is 23.3 Å². The lowest BCUT2D eigenvalue weighted by atomic mass is 9.92. The van der Waals surface area contributed by atoms with Gasteiger partial charge in [-0.3, -0.25) is 4.79 Å². The van der Waals surface area contributed by atoms with Gasteiger partial charge in [0.15, 0.2) is 0 Å². The first-order valence-electron chi connectivity index (χ1n) is 7.49. The van der Waals surface area contributed by atoms with Gasteiger partial charge >= 0.3 is 0 Å². The number of nitrogens with zero attached hydrogens (tertiary/aromatic N) is 1. The van der Waals surface area contributed by atoms with Crippen LogP contribution < -0.4 is 9.62 Å². The van der Waals surface area contributed by atoms with Crippen LogP contribution in [-0.4, -0.2) is 27.4 Å². The molecule has 1 aromatic carbocycles. The number of hydrogen-bond acceptors (Lipinski definition) is 3. The summed E-state index contributed by atoms with van der Waals surface area (Å²) in [6.07, 6.45) is 3.60. The first-order valence-corrected chi connectivity index (χ1v) is 8.97. The van der Waals surface area contributed by atoms with Crippen LogP contribution >= 0.6 is 0 Å².